The van der Waals surface area contributed by atoms with Crippen LogP contribution < -0.4 is 14.9 Å². The molecule has 0 aliphatic carbocycles. The Bertz CT molecular complexity index is 1320. The molecule has 1 amide bonds. The van der Waals surface area contributed by atoms with E-state index < -0.39 is 5.97 Å². The van der Waals surface area contributed by atoms with Crippen molar-refractivity contribution in [3.8, 4) is 11.5 Å². The summed E-state index contributed by atoms with van der Waals surface area (Å²) in [6.07, 6.45) is 2.40. The Morgan fingerprint density at radius 3 is 2.35 bits per heavy atom. The van der Waals surface area contributed by atoms with Crippen LogP contribution in [0.5, 0.6) is 11.5 Å². The van der Waals surface area contributed by atoms with E-state index in [1.54, 1.807) is 54.6 Å². The summed E-state index contributed by atoms with van der Waals surface area (Å²) in [4.78, 5) is 25.1. The first-order chi connectivity index (χ1) is 16.7. The Balaban J connectivity index is 1.54. The quantitative estimate of drug-likeness (QED) is 0.163. The minimum Gasteiger partial charge on any atom is -0.494 e. The maximum atomic E-state index is 12.6. The summed E-state index contributed by atoms with van der Waals surface area (Å²) in [6, 6.07) is 26.9. The number of esters is 1. The smallest absolute Gasteiger partial charge is 0.343 e. The SMILES string of the molecule is CCCOc1ccc(C(=O)N/N=C\c2c(OC(=O)c3ccccc3)ccc3ccccc23)cc1. The van der Waals surface area contributed by atoms with Gasteiger partial charge in [0.05, 0.1) is 18.4 Å². The number of benzene rings is 4. The van der Waals surface area contributed by atoms with Gasteiger partial charge in [-0.3, -0.25) is 4.79 Å². The van der Waals surface area contributed by atoms with Gasteiger partial charge in [0.2, 0.25) is 0 Å². The molecule has 0 radical (unpaired) electrons. The van der Waals surface area contributed by atoms with Crippen molar-refractivity contribution in [2.24, 2.45) is 5.10 Å². The highest BCUT2D eigenvalue weighted by atomic mass is 16.5. The average molecular weight is 453 g/mol. The second-order valence-electron chi connectivity index (χ2n) is 7.53. The average Bonchev–Trinajstić information content (AvgIpc) is 2.89. The number of hydrazone groups is 1. The number of hydrogen-bond donors (Lipinski definition) is 1. The maximum Gasteiger partial charge on any atom is 0.343 e. The molecule has 0 spiro atoms. The molecule has 6 heteroatoms. The predicted octanol–water partition coefficient (Wildman–Crippen LogP) is 5.61. The van der Waals surface area contributed by atoms with E-state index in [1.165, 1.54) is 6.21 Å². The van der Waals surface area contributed by atoms with E-state index in [-0.39, 0.29) is 5.91 Å². The second kappa shape index (κ2) is 10.9. The van der Waals surface area contributed by atoms with Crippen LogP contribution in [0.2, 0.25) is 0 Å². The van der Waals surface area contributed by atoms with Crippen LogP contribution in [0.1, 0.15) is 39.6 Å². The number of nitrogens with zero attached hydrogens (tertiary/aromatic N) is 1. The first-order valence-electron chi connectivity index (χ1n) is 11.0. The molecule has 0 aliphatic rings. The van der Waals surface area contributed by atoms with Gasteiger partial charge in [0.1, 0.15) is 11.5 Å². The molecule has 0 heterocycles. The summed E-state index contributed by atoms with van der Waals surface area (Å²) in [5, 5.41) is 5.93. The summed E-state index contributed by atoms with van der Waals surface area (Å²) in [7, 11) is 0. The van der Waals surface area contributed by atoms with Gasteiger partial charge < -0.3 is 9.47 Å². The van der Waals surface area contributed by atoms with Crippen molar-refractivity contribution < 1.29 is 19.1 Å². The molecule has 0 bridgehead atoms. The Kier molecular flexibility index (Phi) is 7.30. The van der Waals surface area contributed by atoms with E-state index >= 15 is 0 Å². The van der Waals surface area contributed by atoms with E-state index in [2.05, 4.69) is 10.5 Å². The standard InChI is InChI=1S/C28H24N2O4/c1-2-18-33-23-15-12-21(13-16-23)27(31)30-29-19-25-24-11-7-6-8-20(24)14-17-26(25)34-28(32)22-9-4-3-5-10-22/h3-17,19H,2,18H2,1H3,(H,30,31)/b29-19-. The summed E-state index contributed by atoms with van der Waals surface area (Å²) < 4.78 is 11.2. The molecule has 0 saturated heterocycles. The highest BCUT2D eigenvalue weighted by Gasteiger charge is 2.13. The normalized spacial score (nSPS) is 10.9. The number of nitrogens with one attached hydrogen (secondary N) is 1. The molecule has 0 atom stereocenters. The molecule has 34 heavy (non-hydrogen) atoms. The number of ether oxygens (including phenoxy) is 2. The fourth-order valence-corrected chi connectivity index (χ4v) is 3.37. The maximum absolute atomic E-state index is 12.6. The van der Waals surface area contributed by atoms with Crippen molar-refractivity contribution in [1.82, 2.24) is 5.43 Å². The van der Waals surface area contributed by atoms with Gasteiger partial charge in [0.15, 0.2) is 0 Å². The Morgan fingerprint density at radius 1 is 0.853 bits per heavy atom. The zero-order chi connectivity index (χ0) is 23.8. The molecule has 0 aliphatic heterocycles. The van der Waals surface area contributed by atoms with Crippen LogP contribution in [0.4, 0.5) is 0 Å². The van der Waals surface area contributed by atoms with Crippen LogP contribution in [-0.2, 0) is 0 Å². The van der Waals surface area contributed by atoms with E-state index in [0.717, 1.165) is 17.2 Å². The lowest BCUT2D eigenvalue weighted by molar-refractivity contribution is 0.0734. The highest BCUT2D eigenvalue weighted by molar-refractivity contribution is 6.04. The third kappa shape index (κ3) is 5.48. The van der Waals surface area contributed by atoms with Crippen LogP contribution in [0.3, 0.4) is 0 Å². The van der Waals surface area contributed by atoms with Crippen LogP contribution in [0, 0.1) is 0 Å². The summed E-state index contributed by atoms with van der Waals surface area (Å²) in [6.45, 7) is 2.65. The monoisotopic (exact) mass is 452 g/mol. The Hall–Kier alpha value is -4.45. The van der Waals surface area contributed by atoms with Crippen molar-refractivity contribution in [3.63, 3.8) is 0 Å². The number of fused-ring (bicyclic) bond motifs is 1. The topological polar surface area (TPSA) is 77.0 Å². The number of amides is 1. The number of hydrogen-bond acceptors (Lipinski definition) is 5. The van der Waals surface area contributed by atoms with Gasteiger partial charge in [-0.25, -0.2) is 10.2 Å². The minimum atomic E-state index is -0.472. The lowest BCUT2D eigenvalue weighted by atomic mass is 10.0. The largest absolute Gasteiger partial charge is 0.494 e. The molecular formula is C28H24N2O4. The molecule has 4 rings (SSSR count). The fraction of sp³-hybridized carbons (Fsp3) is 0.107. The first kappa shape index (κ1) is 22.7. The molecule has 4 aromatic rings. The zero-order valence-corrected chi connectivity index (χ0v) is 18.7. The summed E-state index contributed by atoms with van der Waals surface area (Å²) in [5.74, 6) is 0.229. The van der Waals surface area contributed by atoms with Gasteiger partial charge in [-0.05, 0) is 59.7 Å². The van der Waals surface area contributed by atoms with Crippen LogP contribution >= 0.6 is 0 Å². The number of carbonyl (C=O) groups excluding carboxylic acids is 2. The molecule has 0 aromatic heterocycles. The molecule has 1 N–H and O–H groups in total. The molecule has 6 nitrogen and oxygen atoms in total. The van der Waals surface area contributed by atoms with Crippen LogP contribution in [-0.4, -0.2) is 24.7 Å². The van der Waals surface area contributed by atoms with Gasteiger partial charge >= 0.3 is 5.97 Å². The van der Waals surface area contributed by atoms with Gasteiger partial charge in [-0.2, -0.15) is 5.10 Å². The number of carbonyl (C=O) groups is 2. The third-order valence-corrected chi connectivity index (χ3v) is 5.09. The number of rotatable bonds is 8. The third-order valence-electron chi connectivity index (χ3n) is 5.09. The van der Waals surface area contributed by atoms with E-state index in [9.17, 15) is 9.59 Å². The Morgan fingerprint density at radius 2 is 1.59 bits per heavy atom. The van der Waals surface area contributed by atoms with Gasteiger partial charge in [-0.1, -0.05) is 55.5 Å². The predicted molar refractivity (Wildman–Crippen MR) is 133 cm³/mol. The zero-order valence-electron chi connectivity index (χ0n) is 18.7. The summed E-state index contributed by atoms with van der Waals surface area (Å²) >= 11 is 0. The summed E-state index contributed by atoms with van der Waals surface area (Å²) in [5.41, 5.74) is 4.02. The first-order valence-corrected chi connectivity index (χ1v) is 11.0. The Labute approximate surface area is 197 Å². The molecule has 170 valence electrons. The second-order valence-corrected chi connectivity index (χ2v) is 7.53. The molecule has 4 aromatic carbocycles. The van der Waals surface area contributed by atoms with Gasteiger partial charge in [-0.15, -0.1) is 0 Å². The van der Waals surface area contributed by atoms with Crippen molar-refractivity contribution in [2.45, 2.75) is 13.3 Å². The van der Waals surface area contributed by atoms with Crippen molar-refractivity contribution in [2.75, 3.05) is 6.61 Å². The minimum absolute atomic E-state index is 0.350. The van der Waals surface area contributed by atoms with E-state index in [4.69, 9.17) is 9.47 Å². The van der Waals surface area contributed by atoms with Crippen molar-refractivity contribution in [3.05, 3.63) is 108 Å². The van der Waals surface area contributed by atoms with Gasteiger partial charge in [0, 0.05) is 11.1 Å². The van der Waals surface area contributed by atoms with Crippen molar-refractivity contribution >= 4 is 28.9 Å². The molecule has 0 fully saturated rings. The lowest BCUT2D eigenvalue weighted by Crippen LogP contribution is -2.17. The van der Waals surface area contributed by atoms with Crippen molar-refractivity contribution in [1.29, 1.82) is 0 Å². The molecule has 0 unspecified atom stereocenters. The highest BCUT2D eigenvalue weighted by Crippen LogP contribution is 2.27. The van der Waals surface area contributed by atoms with E-state index in [1.807, 2.05) is 43.3 Å². The van der Waals surface area contributed by atoms with Crippen LogP contribution in [0.15, 0.2) is 96.1 Å². The molecular weight excluding hydrogens is 428 g/mol. The van der Waals surface area contributed by atoms with Gasteiger partial charge in [0.25, 0.3) is 5.91 Å². The lowest BCUT2D eigenvalue weighted by Gasteiger charge is -2.10. The molecule has 0 saturated carbocycles. The van der Waals surface area contributed by atoms with E-state index in [0.29, 0.717) is 34.8 Å². The fourth-order valence-electron chi connectivity index (χ4n) is 3.37. The van der Waals surface area contributed by atoms with Crippen LogP contribution in [0.25, 0.3) is 10.8 Å².